The lowest BCUT2D eigenvalue weighted by Crippen LogP contribution is -2.40. The van der Waals surface area contributed by atoms with Gasteiger partial charge in [0.25, 0.3) is 0 Å². The van der Waals surface area contributed by atoms with Crippen LogP contribution in [-0.4, -0.2) is 37.7 Å². The topological polar surface area (TPSA) is 12.5 Å². The van der Waals surface area contributed by atoms with E-state index in [0.717, 1.165) is 19.1 Å². The molecular weight excluding hydrogens is 126 g/mol. The highest BCUT2D eigenvalue weighted by molar-refractivity contribution is 4.72. The first-order valence-corrected chi connectivity index (χ1v) is 4.25. The minimum atomic E-state index is 0.889. The third-order valence-electron chi connectivity index (χ3n) is 2.51. The molecule has 2 saturated heterocycles. The molecule has 0 N–H and O–H groups in total. The summed E-state index contributed by atoms with van der Waals surface area (Å²) in [5, 5.41) is 0. The molecule has 2 aliphatic rings. The molecule has 0 saturated carbocycles. The lowest BCUT2D eigenvalue weighted by molar-refractivity contribution is -0.0409. The Kier molecular flexibility index (Phi) is 1.91. The molecule has 0 aromatic carbocycles. The van der Waals surface area contributed by atoms with Crippen LogP contribution < -0.4 is 0 Å². The number of hydrogen-bond donors (Lipinski definition) is 0. The van der Waals surface area contributed by atoms with Gasteiger partial charge >= 0.3 is 0 Å². The molecule has 0 unspecified atom stereocenters. The van der Waals surface area contributed by atoms with Crippen LogP contribution >= 0.6 is 0 Å². The van der Waals surface area contributed by atoms with E-state index >= 15 is 0 Å². The zero-order valence-corrected chi connectivity index (χ0v) is 6.38. The fourth-order valence-corrected chi connectivity index (χ4v) is 1.42. The molecular formula is C8H15NO. The van der Waals surface area contributed by atoms with Crippen LogP contribution in [-0.2, 0) is 4.74 Å². The molecule has 0 bridgehead atoms. The number of ether oxygens (including phenoxy) is 1. The van der Waals surface area contributed by atoms with Crippen molar-refractivity contribution in [1.82, 2.24) is 4.90 Å². The maximum absolute atomic E-state index is 5.10. The van der Waals surface area contributed by atoms with E-state index in [-0.39, 0.29) is 0 Å². The van der Waals surface area contributed by atoms with Crippen molar-refractivity contribution in [3.63, 3.8) is 0 Å². The van der Waals surface area contributed by atoms with Gasteiger partial charge in [0.1, 0.15) is 0 Å². The molecule has 10 heavy (non-hydrogen) atoms. The maximum Gasteiger partial charge on any atom is 0.0516 e. The second kappa shape index (κ2) is 2.89. The van der Waals surface area contributed by atoms with Crippen molar-refractivity contribution in [2.75, 3.05) is 32.8 Å². The fourth-order valence-electron chi connectivity index (χ4n) is 1.42. The molecule has 2 nitrogen and oxygen atoms in total. The number of nitrogens with zero attached hydrogens (tertiary/aromatic N) is 1. The van der Waals surface area contributed by atoms with E-state index in [0.29, 0.717) is 0 Å². The number of hydrogen-bond acceptors (Lipinski definition) is 2. The zero-order chi connectivity index (χ0) is 6.81. The summed E-state index contributed by atoms with van der Waals surface area (Å²) in [6.45, 7) is 6.04. The smallest absolute Gasteiger partial charge is 0.0516 e. The largest absolute Gasteiger partial charge is 0.381 e. The van der Waals surface area contributed by atoms with Gasteiger partial charge < -0.3 is 9.64 Å². The molecule has 0 aliphatic carbocycles. The van der Waals surface area contributed by atoms with Gasteiger partial charge in [-0.05, 0) is 32.5 Å². The van der Waals surface area contributed by atoms with Crippen LogP contribution in [0.3, 0.4) is 0 Å². The van der Waals surface area contributed by atoms with Gasteiger partial charge in [-0.3, -0.25) is 0 Å². The molecule has 0 aromatic rings. The van der Waals surface area contributed by atoms with Crippen molar-refractivity contribution in [2.45, 2.75) is 12.8 Å². The van der Waals surface area contributed by atoms with E-state index in [1.54, 1.807) is 0 Å². The van der Waals surface area contributed by atoms with Crippen molar-refractivity contribution < 1.29 is 4.74 Å². The number of rotatable bonds is 3. The van der Waals surface area contributed by atoms with E-state index in [9.17, 15) is 0 Å². The van der Waals surface area contributed by atoms with Gasteiger partial charge in [0.05, 0.1) is 13.2 Å². The van der Waals surface area contributed by atoms with Gasteiger partial charge in [-0.1, -0.05) is 0 Å². The SMILES string of the molecule is C1CN(CCC2COC2)C1. The summed E-state index contributed by atoms with van der Waals surface area (Å²) in [4.78, 5) is 2.53. The Morgan fingerprint density at radius 2 is 2.10 bits per heavy atom. The van der Waals surface area contributed by atoms with Gasteiger partial charge in [0.2, 0.25) is 0 Å². The predicted molar refractivity (Wildman–Crippen MR) is 40.0 cm³/mol. The Hall–Kier alpha value is -0.0800. The Bertz CT molecular complexity index is 93.8. The molecule has 2 aliphatic heterocycles. The second-order valence-electron chi connectivity index (χ2n) is 3.39. The van der Waals surface area contributed by atoms with Crippen LogP contribution in [0.15, 0.2) is 0 Å². The van der Waals surface area contributed by atoms with E-state index in [2.05, 4.69) is 4.90 Å². The van der Waals surface area contributed by atoms with Crippen LogP contribution in [0.4, 0.5) is 0 Å². The maximum atomic E-state index is 5.10. The zero-order valence-electron chi connectivity index (χ0n) is 6.38. The van der Waals surface area contributed by atoms with Gasteiger partial charge in [-0.25, -0.2) is 0 Å². The summed E-state index contributed by atoms with van der Waals surface area (Å²) in [6, 6.07) is 0. The van der Waals surface area contributed by atoms with E-state index in [4.69, 9.17) is 4.74 Å². The molecule has 2 rings (SSSR count). The number of likely N-dealkylation sites (tertiary alicyclic amines) is 1. The highest BCUT2D eigenvalue weighted by Crippen LogP contribution is 2.16. The molecule has 0 radical (unpaired) electrons. The molecule has 58 valence electrons. The summed E-state index contributed by atoms with van der Waals surface area (Å²) in [7, 11) is 0. The Morgan fingerprint density at radius 1 is 1.30 bits per heavy atom. The average molecular weight is 141 g/mol. The van der Waals surface area contributed by atoms with Gasteiger partial charge in [0.15, 0.2) is 0 Å². The molecule has 2 heterocycles. The average Bonchev–Trinajstić information content (AvgIpc) is 1.70. The minimum Gasteiger partial charge on any atom is -0.381 e. The molecule has 2 heteroatoms. The molecule has 0 spiro atoms. The Balaban J connectivity index is 1.54. The summed E-state index contributed by atoms with van der Waals surface area (Å²) in [5.74, 6) is 0.889. The molecule has 2 fully saturated rings. The highest BCUT2D eigenvalue weighted by Gasteiger charge is 2.20. The van der Waals surface area contributed by atoms with Crippen molar-refractivity contribution in [2.24, 2.45) is 5.92 Å². The first kappa shape index (κ1) is 6.62. The fraction of sp³-hybridized carbons (Fsp3) is 1.00. The summed E-state index contributed by atoms with van der Waals surface area (Å²) in [6.07, 6.45) is 2.78. The predicted octanol–water partition coefficient (Wildman–Crippen LogP) is 0.729. The molecule has 0 aromatic heterocycles. The van der Waals surface area contributed by atoms with E-state index < -0.39 is 0 Å². The highest BCUT2D eigenvalue weighted by atomic mass is 16.5. The van der Waals surface area contributed by atoms with Crippen LogP contribution in [0, 0.1) is 5.92 Å². The van der Waals surface area contributed by atoms with Crippen molar-refractivity contribution in [3.8, 4) is 0 Å². The van der Waals surface area contributed by atoms with Crippen molar-refractivity contribution in [1.29, 1.82) is 0 Å². The van der Waals surface area contributed by atoms with E-state index in [1.807, 2.05) is 0 Å². The first-order chi connectivity index (χ1) is 4.95. The lowest BCUT2D eigenvalue weighted by atomic mass is 10.0. The first-order valence-electron chi connectivity index (χ1n) is 4.25. The summed E-state index contributed by atoms with van der Waals surface area (Å²) < 4.78 is 5.10. The third-order valence-corrected chi connectivity index (χ3v) is 2.51. The van der Waals surface area contributed by atoms with Crippen LogP contribution in [0.25, 0.3) is 0 Å². The quantitative estimate of drug-likeness (QED) is 0.574. The van der Waals surface area contributed by atoms with E-state index in [1.165, 1.54) is 32.5 Å². The summed E-state index contributed by atoms with van der Waals surface area (Å²) in [5.41, 5.74) is 0. The van der Waals surface area contributed by atoms with Crippen molar-refractivity contribution >= 4 is 0 Å². The van der Waals surface area contributed by atoms with Gasteiger partial charge in [-0.15, -0.1) is 0 Å². The standard InChI is InChI=1S/C8H15NO/c1-3-9(4-1)5-2-8-6-10-7-8/h8H,1-7H2. The van der Waals surface area contributed by atoms with Gasteiger partial charge in [-0.2, -0.15) is 0 Å². The molecule has 0 atom stereocenters. The minimum absolute atomic E-state index is 0.889. The van der Waals surface area contributed by atoms with Crippen LogP contribution in [0.2, 0.25) is 0 Å². The third kappa shape index (κ3) is 1.32. The normalized spacial score (nSPS) is 27.6. The second-order valence-corrected chi connectivity index (χ2v) is 3.39. The Labute approximate surface area is 62.2 Å². The summed E-state index contributed by atoms with van der Waals surface area (Å²) >= 11 is 0. The Morgan fingerprint density at radius 3 is 2.50 bits per heavy atom. The van der Waals surface area contributed by atoms with Crippen LogP contribution in [0.1, 0.15) is 12.8 Å². The van der Waals surface area contributed by atoms with Gasteiger partial charge in [0, 0.05) is 5.92 Å². The monoisotopic (exact) mass is 141 g/mol. The van der Waals surface area contributed by atoms with Crippen LogP contribution in [0.5, 0.6) is 0 Å². The lowest BCUT2D eigenvalue weighted by Gasteiger charge is -2.34. The molecule has 0 amide bonds. The van der Waals surface area contributed by atoms with Crippen molar-refractivity contribution in [3.05, 3.63) is 0 Å².